The average Bonchev–Trinajstić information content (AvgIpc) is 3.26. The van der Waals surface area contributed by atoms with Crippen molar-refractivity contribution in [2.24, 2.45) is 10.6 Å². The van der Waals surface area contributed by atoms with E-state index in [0.717, 1.165) is 23.3 Å². The third kappa shape index (κ3) is 6.21. The van der Waals surface area contributed by atoms with E-state index in [4.69, 9.17) is 14.8 Å². The van der Waals surface area contributed by atoms with Gasteiger partial charge in [0, 0.05) is 11.9 Å². The van der Waals surface area contributed by atoms with E-state index in [1.165, 1.54) is 40.0 Å². The molecule has 1 aliphatic heterocycles. The number of esters is 1. The van der Waals surface area contributed by atoms with Crippen LogP contribution in [0.15, 0.2) is 10.5 Å². The minimum Gasteiger partial charge on any atom is -0.481 e. The molecular formula is C21H31N5O10S2. The van der Waals surface area contributed by atoms with Crippen molar-refractivity contribution in [2.45, 2.75) is 59.2 Å². The number of aromatic nitrogens is 1. The van der Waals surface area contributed by atoms with Crippen LogP contribution in [0.5, 0.6) is 0 Å². The Labute approximate surface area is 223 Å². The van der Waals surface area contributed by atoms with Crippen LogP contribution in [0.3, 0.4) is 0 Å². The van der Waals surface area contributed by atoms with Gasteiger partial charge in [0.25, 0.3) is 11.8 Å². The van der Waals surface area contributed by atoms with Crippen molar-refractivity contribution < 1.29 is 46.5 Å². The highest BCUT2D eigenvalue weighted by atomic mass is 32.2. The molecule has 1 fully saturated rings. The fraction of sp³-hybridized carbons (Fsp3) is 0.619. The van der Waals surface area contributed by atoms with Gasteiger partial charge in [-0.1, -0.05) is 5.16 Å². The summed E-state index contributed by atoms with van der Waals surface area (Å²) < 4.78 is 35.3. The van der Waals surface area contributed by atoms with Crippen LogP contribution in [-0.2, 0) is 43.2 Å². The molecule has 2 atom stereocenters. The molecule has 0 radical (unpaired) electrons. The zero-order chi connectivity index (χ0) is 29.2. The number of likely N-dealkylation sites (N-methyl/N-ethyl adjacent to an activating group) is 1. The molecule has 2 amide bonds. The lowest BCUT2D eigenvalue weighted by Crippen LogP contribution is -2.72. The van der Waals surface area contributed by atoms with Crippen molar-refractivity contribution >= 4 is 56.2 Å². The normalized spacial score (nSPS) is 18.6. The number of hydrogen-bond donors (Lipinski definition) is 2. The third-order valence-electron chi connectivity index (χ3n) is 5.63. The van der Waals surface area contributed by atoms with Crippen LogP contribution in [0.25, 0.3) is 0 Å². The van der Waals surface area contributed by atoms with E-state index in [-0.39, 0.29) is 23.1 Å². The first-order valence-electron chi connectivity index (χ1n) is 11.2. The van der Waals surface area contributed by atoms with Crippen molar-refractivity contribution in [2.75, 3.05) is 26.0 Å². The Morgan fingerprint density at radius 2 is 1.89 bits per heavy atom. The topological polar surface area (TPSA) is 208 Å². The second kappa shape index (κ2) is 11.2. The first-order chi connectivity index (χ1) is 17.4. The predicted molar refractivity (Wildman–Crippen MR) is 134 cm³/mol. The van der Waals surface area contributed by atoms with Crippen LogP contribution in [0.2, 0.25) is 0 Å². The minimum atomic E-state index is -4.65. The van der Waals surface area contributed by atoms with Gasteiger partial charge >= 0.3 is 22.2 Å². The summed E-state index contributed by atoms with van der Waals surface area (Å²) in [4.78, 5) is 60.2. The van der Waals surface area contributed by atoms with E-state index in [1.54, 1.807) is 6.92 Å². The van der Waals surface area contributed by atoms with E-state index in [0.29, 0.717) is 4.31 Å². The summed E-state index contributed by atoms with van der Waals surface area (Å²) in [6, 6.07) is -2.29. The number of rotatable bonds is 12. The maximum atomic E-state index is 13.6. The number of oxime groups is 1. The number of carbonyl (C=O) groups excluding carboxylic acids is 3. The predicted octanol–water partition coefficient (Wildman–Crippen LogP) is 0.218. The van der Waals surface area contributed by atoms with Crippen molar-refractivity contribution in [3.8, 4) is 0 Å². The molecule has 212 valence electrons. The highest BCUT2D eigenvalue weighted by molar-refractivity contribution is 7.85. The number of anilines is 1. The molecular weight excluding hydrogens is 546 g/mol. The fourth-order valence-corrected chi connectivity index (χ4v) is 5.22. The van der Waals surface area contributed by atoms with Crippen molar-refractivity contribution in [3.63, 3.8) is 0 Å². The number of methoxy groups -OCH3 is 1. The number of carboxylic acid groups (broad SMARTS) is 1. The molecule has 3 N–H and O–H groups in total. The molecule has 15 nitrogen and oxygen atoms in total. The molecule has 1 aromatic rings. The number of carboxylic acids is 1. The van der Waals surface area contributed by atoms with Gasteiger partial charge in [0.05, 0.1) is 25.2 Å². The van der Waals surface area contributed by atoms with E-state index < -0.39 is 63.8 Å². The van der Waals surface area contributed by atoms with Gasteiger partial charge in [0.1, 0.15) is 11.7 Å². The summed E-state index contributed by atoms with van der Waals surface area (Å²) in [5.74, 6) is -3.86. The molecule has 1 aromatic heterocycles. The van der Waals surface area contributed by atoms with Crippen LogP contribution in [0.4, 0.5) is 5.13 Å². The largest absolute Gasteiger partial charge is 0.481 e. The van der Waals surface area contributed by atoms with E-state index >= 15 is 0 Å². The molecule has 0 unspecified atom stereocenters. The molecule has 0 spiro atoms. The number of ether oxygens (including phenoxy) is 1. The van der Waals surface area contributed by atoms with Gasteiger partial charge in [-0.25, -0.2) is 14.1 Å². The monoisotopic (exact) mass is 577 g/mol. The number of amides is 2. The number of β-lactam (4-membered cyclic amide) rings is 1. The summed E-state index contributed by atoms with van der Waals surface area (Å²) in [5.41, 5.74) is 2.22. The molecule has 2 heterocycles. The van der Waals surface area contributed by atoms with Gasteiger partial charge in [-0.3, -0.25) is 18.6 Å². The molecule has 17 heteroatoms. The number of thiazole rings is 1. The molecule has 38 heavy (non-hydrogen) atoms. The molecule has 0 saturated carbocycles. The highest BCUT2D eigenvalue weighted by Crippen LogP contribution is 2.31. The Hall–Kier alpha value is -3.31. The molecule has 1 aliphatic rings. The number of aliphatic carboxylic acids is 1. The van der Waals surface area contributed by atoms with Gasteiger partial charge in [0.15, 0.2) is 10.8 Å². The summed E-state index contributed by atoms with van der Waals surface area (Å²) in [6.45, 7) is 7.46. The Balaban J connectivity index is 2.34. The third-order valence-corrected chi connectivity index (χ3v) is 7.72. The fourth-order valence-electron chi connectivity index (χ4n) is 3.27. The second-order valence-electron chi connectivity index (χ2n) is 9.42. The molecule has 0 aromatic carbocycles. The maximum Gasteiger partial charge on any atom is 0.365 e. The average molecular weight is 578 g/mol. The van der Waals surface area contributed by atoms with E-state index in [9.17, 15) is 32.7 Å². The van der Waals surface area contributed by atoms with Crippen molar-refractivity contribution in [1.29, 1.82) is 0 Å². The number of nitrogen functional groups attached to an aromatic ring is 1. The van der Waals surface area contributed by atoms with Gasteiger partial charge in [0.2, 0.25) is 5.60 Å². The highest BCUT2D eigenvalue weighted by Gasteiger charge is 2.56. The first kappa shape index (κ1) is 30.9. The van der Waals surface area contributed by atoms with Crippen LogP contribution >= 0.6 is 11.3 Å². The van der Waals surface area contributed by atoms with Gasteiger partial charge in [-0.05, 0) is 41.5 Å². The van der Waals surface area contributed by atoms with Crippen molar-refractivity contribution in [1.82, 2.24) is 14.2 Å². The lowest BCUT2D eigenvalue weighted by Gasteiger charge is -2.47. The van der Waals surface area contributed by atoms with Crippen LogP contribution in [0, 0.1) is 5.41 Å². The van der Waals surface area contributed by atoms with E-state index in [2.05, 4.69) is 14.9 Å². The molecule has 0 aliphatic carbocycles. The van der Waals surface area contributed by atoms with E-state index in [1.807, 2.05) is 0 Å². The van der Waals surface area contributed by atoms with Crippen LogP contribution in [-0.4, -0.2) is 95.1 Å². The maximum absolute atomic E-state index is 13.6. The smallest absolute Gasteiger partial charge is 0.365 e. The van der Waals surface area contributed by atoms with Gasteiger partial charge in [-0.2, -0.15) is 8.42 Å². The number of nitrogens with zero attached hydrogens (tertiary/aromatic N) is 4. The second-order valence-corrected chi connectivity index (χ2v) is 11.8. The Bertz CT molecular complexity index is 1240. The van der Waals surface area contributed by atoms with Gasteiger partial charge < -0.3 is 25.3 Å². The Morgan fingerprint density at radius 1 is 1.29 bits per heavy atom. The lowest BCUT2D eigenvalue weighted by atomic mass is 9.96. The minimum absolute atomic E-state index is 0.0137. The number of nitrogens with two attached hydrogens (primary N) is 1. The van der Waals surface area contributed by atoms with Crippen LogP contribution < -0.4 is 5.73 Å². The quantitative estimate of drug-likeness (QED) is 0.148. The number of carbonyl (C=O) groups is 4. The molecule has 1 saturated heterocycles. The summed E-state index contributed by atoms with van der Waals surface area (Å²) in [6.07, 6.45) is 0. The van der Waals surface area contributed by atoms with Crippen molar-refractivity contribution in [3.05, 3.63) is 11.1 Å². The SMILES string of the molecule is CCN(C(=O)/C(=N/OC(C)(C)C(=O)OC)c1csc(N)n1)[C@@H]1C(=O)N(S(=O)(=O)OCC(C)(C)C(=O)O)[C@H]1C. The van der Waals surface area contributed by atoms with Gasteiger partial charge in [-0.15, -0.1) is 11.3 Å². The number of hydrogen-bond acceptors (Lipinski definition) is 13. The summed E-state index contributed by atoms with van der Waals surface area (Å²) >= 11 is 1.01. The summed E-state index contributed by atoms with van der Waals surface area (Å²) in [5, 5.41) is 14.6. The Kier molecular flexibility index (Phi) is 9.11. The summed E-state index contributed by atoms with van der Waals surface area (Å²) in [7, 11) is -3.50. The zero-order valence-corrected chi connectivity index (χ0v) is 23.6. The zero-order valence-electron chi connectivity index (χ0n) is 22.0. The molecule has 0 bridgehead atoms. The van der Waals surface area contributed by atoms with Crippen LogP contribution in [0.1, 0.15) is 47.2 Å². The first-order valence-corrected chi connectivity index (χ1v) is 13.5. The Morgan fingerprint density at radius 3 is 2.34 bits per heavy atom. The standard InChI is InChI=1S/C21H31N5O10S2/c1-8-25(14-11(2)26(16(14)28)38(32,33)35-10-20(3,4)17(29)30)15(27)13(12-9-37-19(22)23-12)24-36-21(5,6)18(31)34-7/h9,11,14H,8,10H2,1-7H3,(H2,22,23)(H,29,30)/b24-13+/t11-,14-/m0/s1. The lowest BCUT2D eigenvalue weighted by molar-refractivity contribution is -0.165. The molecule has 2 rings (SSSR count).